The van der Waals surface area contributed by atoms with E-state index in [-0.39, 0.29) is 37.1 Å². The molecule has 53 heavy (non-hydrogen) atoms. The minimum atomic E-state index is -1.94. The van der Waals surface area contributed by atoms with E-state index in [2.05, 4.69) is 5.16 Å². The molecule has 3 rings (SSSR count). The summed E-state index contributed by atoms with van der Waals surface area (Å²) in [6.07, 6.45) is -8.53. The van der Waals surface area contributed by atoms with E-state index in [0.717, 1.165) is 0 Å². The minimum absolute atomic E-state index is 0.128. The molecule has 0 saturated carbocycles. The van der Waals surface area contributed by atoms with Crippen molar-refractivity contribution >= 4 is 11.7 Å². The van der Waals surface area contributed by atoms with E-state index < -0.39 is 102 Å². The molecule has 18 atom stereocenters. The smallest absolute Gasteiger partial charge is 0.311 e. The van der Waals surface area contributed by atoms with Gasteiger partial charge in [0.15, 0.2) is 12.6 Å². The maximum atomic E-state index is 14.2. The van der Waals surface area contributed by atoms with Crippen molar-refractivity contribution in [1.82, 2.24) is 4.90 Å². The summed E-state index contributed by atoms with van der Waals surface area (Å²) in [5, 5.41) is 59.8. The number of ether oxygens (including phenoxy) is 7. The van der Waals surface area contributed by atoms with E-state index >= 15 is 0 Å². The van der Waals surface area contributed by atoms with Crippen LogP contribution in [-0.2, 0) is 38.0 Å². The molecule has 15 heteroatoms. The van der Waals surface area contributed by atoms with Crippen LogP contribution in [0.25, 0.3) is 0 Å². The van der Waals surface area contributed by atoms with Crippen molar-refractivity contribution in [2.45, 2.75) is 179 Å². The molecular weight excluding hydrogens is 692 g/mol. The first-order chi connectivity index (χ1) is 24.5. The van der Waals surface area contributed by atoms with Gasteiger partial charge in [-0.3, -0.25) is 4.79 Å². The summed E-state index contributed by atoms with van der Waals surface area (Å²) in [5.41, 5.74) is -3.99. The van der Waals surface area contributed by atoms with E-state index in [1.807, 2.05) is 46.7 Å². The molecule has 3 heterocycles. The molecule has 3 aliphatic rings. The third-order valence-corrected chi connectivity index (χ3v) is 12.4. The fourth-order valence-corrected chi connectivity index (χ4v) is 8.78. The van der Waals surface area contributed by atoms with Crippen LogP contribution >= 0.6 is 0 Å². The number of methoxy groups -OCH3 is 2. The summed E-state index contributed by atoms with van der Waals surface area (Å²) in [4.78, 5) is 16.2. The second-order valence-corrected chi connectivity index (χ2v) is 16.8. The molecular formula is C38H70N2O13. The monoisotopic (exact) mass is 762 g/mol. The van der Waals surface area contributed by atoms with Gasteiger partial charge >= 0.3 is 5.97 Å². The molecule has 0 bridgehead atoms. The Morgan fingerprint density at radius 3 is 2.02 bits per heavy atom. The van der Waals surface area contributed by atoms with E-state index in [1.54, 1.807) is 34.6 Å². The number of hydrogen-bond acceptors (Lipinski definition) is 15. The SMILES string of the molecule is CC[C@H]1OC(=O)[C@H](C)[C@@H](O[C@H]2C[C@@](C)(OC)[C@@H](O)[C@H](C)O2)[C@H](C)[C@@H](O[C@H]2O[C@H](C)C[C@H](N(C)C)[C@H]2O)[C@](C)(OC)C[C@@H](C)/C(=N\O)[C@H](C)[C@@H](O)[C@]1(C)O. The summed E-state index contributed by atoms with van der Waals surface area (Å²) < 4.78 is 44.1. The van der Waals surface area contributed by atoms with Gasteiger partial charge in [-0.1, -0.05) is 32.9 Å². The Labute approximate surface area is 316 Å². The highest BCUT2D eigenvalue weighted by atomic mass is 16.7. The number of cyclic esters (lactones) is 1. The van der Waals surface area contributed by atoms with Crippen LogP contribution in [0, 0.1) is 23.7 Å². The molecule has 0 amide bonds. The van der Waals surface area contributed by atoms with Crippen molar-refractivity contribution in [1.29, 1.82) is 0 Å². The zero-order chi connectivity index (χ0) is 40.4. The van der Waals surface area contributed by atoms with Crippen LogP contribution < -0.4 is 0 Å². The van der Waals surface area contributed by atoms with Gasteiger partial charge < -0.3 is 63.7 Å². The Morgan fingerprint density at radius 1 is 0.887 bits per heavy atom. The fraction of sp³-hybridized carbons (Fsp3) is 0.947. The standard InChI is InChI=1S/C38H70N2O13/c1-15-26-38(10,45)31(42)21(4)28(39-46)19(2)17-37(9,48-14)33(53-35-29(41)25(40(11)12)16-20(3)49-35)22(5)30(23(6)34(44)51-26)52-27-18-36(8,47-13)32(43)24(7)50-27/h19-27,29-33,35,41-43,45-46H,15-18H2,1-14H3/b39-28+/t19-,20-,21+,22+,23-,24+,25+,26-,27+,29-,30+,31-,32+,33-,35-,36-,37-,38-/m1/s1. The molecule has 0 radical (unpaired) electrons. The van der Waals surface area contributed by atoms with Gasteiger partial charge in [0.25, 0.3) is 0 Å². The third kappa shape index (κ3) is 9.73. The maximum absolute atomic E-state index is 14.2. The first-order valence-electron chi connectivity index (χ1n) is 19.1. The maximum Gasteiger partial charge on any atom is 0.311 e. The second kappa shape index (κ2) is 18.2. The molecule has 0 aromatic carbocycles. The Kier molecular flexibility index (Phi) is 15.7. The highest BCUT2D eigenvalue weighted by molar-refractivity contribution is 5.88. The molecule has 0 spiro atoms. The van der Waals surface area contributed by atoms with Gasteiger partial charge in [0.2, 0.25) is 0 Å². The Bertz CT molecular complexity index is 1220. The lowest BCUT2D eigenvalue weighted by Crippen LogP contribution is -2.61. The Morgan fingerprint density at radius 2 is 1.49 bits per heavy atom. The lowest BCUT2D eigenvalue weighted by Gasteiger charge is -2.50. The van der Waals surface area contributed by atoms with Crippen molar-refractivity contribution in [3.63, 3.8) is 0 Å². The molecule has 3 fully saturated rings. The number of carbonyl (C=O) groups excluding carboxylic acids is 1. The van der Waals surface area contributed by atoms with Crippen LogP contribution in [0.5, 0.6) is 0 Å². The molecule has 3 aliphatic heterocycles. The van der Waals surface area contributed by atoms with Crippen molar-refractivity contribution in [3.05, 3.63) is 0 Å². The Balaban J connectivity index is 2.25. The highest BCUT2D eigenvalue weighted by Crippen LogP contribution is 2.42. The molecule has 0 aliphatic carbocycles. The van der Waals surface area contributed by atoms with Gasteiger partial charge in [0.05, 0.1) is 53.4 Å². The number of carbonyl (C=O) groups is 1. The van der Waals surface area contributed by atoms with Crippen LogP contribution in [0.2, 0.25) is 0 Å². The first kappa shape index (κ1) is 45.9. The molecule has 0 aromatic rings. The van der Waals surface area contributed by atoms with Crippen molar-refractivity contribution in [3.8, 4) is 0 Å². The van der Waals surface area contributed by atoms with Crippen molar-refractivity contribution in [2.75, 3.05) is 28.3 Å². The third-order valence-electron chi connectivity index (χ3n) is 12.4. The zero-order valence-corrected chi connectivity index (χ0v) is 34.4. The lowest BCUT2D eigenvalue weighted by atomic mass is 9.73. The largest absolute Gasteiger partial charge is 0.459 e. The normalized spacial score (nSPS) is 49.1. The van der Waals surface area contributed by atoms with E-state index in [4.69, 9.17) is 33.2 Å². The summed E-state index contributed by atoms with van der Waals surface area (Å²) >= 11 is 0. The number of oxime groups is 1. The zero-order valence-electron chi connectivity index (χ0n) is 34.4. The molecule has 5 N–H and O–H groups in total. The van der Waals surface area contributed by atoms with E-state index in [9.17, 15) is 30.4 Å². The summed E-state index contributed by atoms with van der Waals surface area (Å²) in [6.45, 7) is 17.3. The number of aliphatic hydroxyl groups is 4. The lowest BCUT2D eigenvalue weighted by molar-refractivity contribution is -0.319. The van der Waals surface area contributed by atoms with Crippen LogP contribution in [0.4, 0.5) is 0 Å². The predicted molar refractivity (Wildman–Crippen MR) is 195 cm³/mol. The number of esters is 1. The minimum Gasteiger partial charge on any atom is -0.459 e. The van der Waals surface area contributed by atoms with Gasteiger partial charge in [-0.15, -0.1) is 0 Å². The van der Waals surface area contributed by atoms with Crippen LogP contribution in [0.3, 0.4) is 0 Å². The molecule has 0 unspecified atom stereocenters. The average molecular weight is 763 g/mol. The van der Waals surface area contributed by atoms with Gasteiger partial charge in [0.1, 0.15) is 23.9 Å². The second-order valence-electron chi connectivity index (χ2n) is 16.8. The van der Waals surface area contributed by atoms with Gasteiger partial charge in [-0.05, 0) is 74.9 Å². The quantitative estimate of drug-likeness (QED) is 0.137. The summed E-state index contributed by atoms with van der Waals surface area (Å²) in [6, 6.07) is -0.282. The van der Waals surface area contributed by atoms with Gasteiger partial charge in [-0.2, -0.15) is 0 Å². The molecule has 310 valence electrons. The van der Waals surface area contributed by atoms with Crippen LogP contribution in [-0.4, -0.2) is 155 Å². The average Bonchev–Trinajstić information content (AvgIpc) is 3.10. The summed E-state index contributed by atoms with van der Waals surface area (Å²) in [5.74, 6) is -3.82. The topological polar surface area (TPSA) is 198 Å². The number of nitrogens with zero attached hydrogens (tertiary/aromatic N) is 2. The number of hydrogen-bond donors (Lipinski definition) is 5. The molecule has 3 saturated heterocycles. The van der Waals surface area contributed by atoms with Gasteiger partial charge in [-0.25, -0.2) is 0 Å². The molecule has 15 nitrogen and oxygen atoms in total. The Hall–Kier alpha value is -1.50. The fourth-order valence-electron chi connectivity index (χ4n) is 8.78. The van der Waals surface area contributed by atoms with Crippen molar-refractivity contribution < 1.29 is 63.6 Å². The van der Waals surface area contributed by atoms with E-state index in [0.29, 0.717) is 6.42 Å². The summed E-state index contributed by atoms with van der Waals surface area (Å²) in [7, 11) is 6.80. The number of rotatable bonds is 8. The number of likely N-dealkylation sites (N-methyl/N-ethyl adjacent to an activating group) is 1. The van der Waals surface area contributed by atoms with Crippen LogP contribution in [0.15, 0.2) is 5.16 Å². The van der Waals surface area contributed by atoms with Crippen molar-refractivity contribution in [2.24, 2.45) is 28.8 Å². The molecule has 0 aromatic heterocycles. The highest BCUT2D eigenvalue weighted by Gasteiger charge is 2.54. The van der Waals surface area contributed by atoms with E-state index in [1.165, 1.54) is 21.1 Å². The predicted octanol–water partition coefficient (Wildman–Crippen LogP) is 2.70. The number of aliphatic hydroxyl groups excluding tert-OH is 3. The van der Waals surface area contributed by atoms with Crippen LogP contribution in [0.1, 0.15) is 94.9 Å². The first-order valence-corrected chi connectivity index (χ1v) is 19.1. The van der Waals surface area contributed by atoms with Gasteiger partial charge in [0, 0.05) is 44.4 Å².